The topological polar surface area (TPSA) is 22.1 Å². The van der Waals surface area contributed by atoms with Crippen molar-refractivity contribution in [3.8, 4) is 5.19 Å². The molecule has 1 aromatic heterocycles. The molecule has 0 aromatic carbocycles. The molecule has 0 aliphatic rings. The molecule has 1 heterocycles. The molecule has 62 valence electrons. The third-order valence-electron chi connectivity index (χ3n) is 1.29. The molecule has 0 spiro atoms. The lowest BCUT2D eigenvalue weighted by molar-refractivity contribution is 0.412. The van der Waals surface area contributed by atoms with Crippen LogP contribution in [0.5, 0.6) is 5.19 Å². The first-order valence-corrected chi connectivity index (χ1v) is 4.91. The highest BCUT2D eigenvalue weighted by Gasteiger charge is 1.99. The first-order valence-electron chi connectivity index (χ1n) is 3.46. The number of thiazole rings is 1. The summed E-state index contributed by atoms with van der Waals surface area (Å²) in [5, 5.41) is 0.749. The Morgan fingerprint density at radius 1 is 1.73 bits per heavy atom. The molecule has 0 fully saturated rings. The minimum absolute atomic E-state index is 0.749. The zero-order chi connectivity index (χ0) is 8.10. The lowest BCUT2D eigenvalue weighted by Crippen LogP contribution is -1.79. The highest BCUT2D eigenvalue weighted by molar-refractivity contribution is 7.80. The van der Waals surface area contributed by atoms with E-state index >= 15 is 0 Å². The highest BCUT2D eigenvalue weighted by Crippen LogP contribution is 2.20. The van der Waals surface area contributed by atoms with E-state index in [0.717, 1.165) is 23.8 Å². The summed E-state index contributed by atoms with van der Waals surface area (Å²) >= 11 is 5.74. The summed E-state index contributed by atoms with van der Waals surface area (Å²) in [7, 11) is 1.64. The number of aryl methyl sites for hydroxylation is 1. The predicted molar refractivity (Wildman–Crippen MR) is 50.8 cm³/mol. The van der Waals surface area contributed by atoms with E-state index in [1.807, 2.05) is 6.20 Å². The first kappa shape index (κ1) is 8.87. The molecule has 0 radical (unpaired) electrons. The third kappa shape index (κ3) is 2.71. The van der Waals surface area contributed by atoms with Crippen molar-refractivity contribution in [2.45, 2.75) is 12.8 Å². The maximum absolute atomic E-state index is 4.96. The van der Waals surface area contributed by atoms with Gasteiger partial charge in [0.15, 0.2) is 0 Å². The van der Waals surface area contributed by atoms with Gasteiger partial charge in [-0.1, -0.05) is 11.3 Å². The van der Waals surface area contributed by atoms with Crippen LogP contribution in [0.25, 0.3) is 0 Å². The largest absolute Gasteiger partial charge is 0.473 e. The summed E-state index contributed by atoms with van der Waals surface area (Å²) in [5.74, 6) is 0.931. The molecule has 11 heavy (non-hydrogen) atoms. The Labute approximate surface area is 76.0 Å². The summed E-state index contributed by atoms with van der Waals surface area (Å²) < 4.78 is 4.96. The van der Waals surface area contributed by atoms with Crippen LogP contribution in [0, 0.1) is 0 Å². The van der Waals surface area contributed by atoms with Crippen LogP contribution in [-0.2, 0) is 6.42 Å². The van der Waals surface area contributed by atoms with E-state index in [9.17, 15) is 0 Å². The number of methoxy groups -OCH3 is 1. The molecule has 0 aliphatic carbocycles. The fourth-order valence-electron chi connectivity index (χ4n) is 0.753. The number of thiol groups is 1. The Bertz CT molecular complexity index is 212. The molecular weight excluding hydrogens is 178 g/mol. The molecule has 0 aliphatic heterocycles. The molecule has 1 aromatic rings. The Hall–Kier alpha value is -0.220. The van der Waals surface area contributed by atoms with Crippen molar-refractivity contribution in [1.82, 2.24) is 4.98 Å². The van der Waals surface area contributed by atoms with Gasteiger partial charge in [0.25, 0.3) is 5.19 Å². The molecule has 0 bridgehead atoms. The number of nitrogens with zero attached hydrogens (tertiary/aromatic N) is 1. The molecule has 1 rings (SSSR count). The Balaban J connectivity index is 2.44. The fraction of sp³-hybridized carbons (Fsp3) is 0.571. The SMILES string of the molecule is COc1ncc(CCCS)s1. The lowest BCUT2D eigenvalue weighted by atomic mass is 10.3. The Morgan fingerprint density at radius 3 is 3.09 bits per heavy atom. The summed E-state index contributed by atoms with van der Waals surface area (Å²) in [6.07, 6.45) is 4.03. The van der Waals surface area contributed by atoms with Gasteiger partial charge in [0, 0.05) is 11.1 Å². The Morgan fingerprint density at radius 2 is 2.55 bits per heavy atom. The van der Waals surface area contributed by atoms with Crippen molar-refractivity contribution in [3.63, 3.8) is 0 Å². The number of rotatable bonds is 4. The second-order valence-corrected chi connectivity index (χ2v) is 3.65. The number of hydrogen-bond donors (Lipinski definition) is 1. The van der Waals surface area contributed by atoms with E-state index in [-0.39, 0.29) is 0 Å². The summed E-state index contributed by atoms with van der Waals surface area (Å²) in [6.45, 7) is 0. The fourth-order valence-corrected chi connectivity index (χ4v) is 1.68. The molecule has 0 N–H and O–H groups in total. The molecule has 0 atom stereocenters. The van der Waals surface area contributed by atoms with Crippen LogP contribution in [0.15, 0.2) is 6.20 Å². The second kappa shape index (κ2) is 4.62. The zero-order valence-corrected chi connectivity index (χ0v) is 8.12. The van der Waals surface area contributed by atoms with E-state index in [1.165, 1.54) is 4.88 Å². The van der Waals surface area contributed by atoms with E-state index in [0.29, 0.717) is 0 Å². The average Bonchev–Trinajstić information content (AvgIpc) is 2.48. The maximum Gasteiger partial charge on any atom is 0.273 e. The monoisotopic (exact) mass is 189 g/mol. The van der Waals surface area contributed by atoms with Crippen molar-refractivity contribution in [2.75, 3.05) is 12.9 Å². The standard InChI is InChI=1S/C7H11NOS2/c1-9-7-8-5-6(11-7)3-2-4-10/h5,10H,2-4H2,1H3. The minimum Gasteiger partial charge on any atom is -0.473 e. The van der Waals surface area contributed by atoms with E-state index in [1.54, 1.807) is 18.4 Å². The van der Waals surface area contributed by atoms with Gasteiger partial charge in [-0.2, -0.15) is 12.6 Å². The number of ether oxygens (including phenoxy) is 1. The van der Waals surface area contributed by atoms with E-state index in [4.69, 9.17) is 4.74 Å². The summed E-state index contributed by atoms with van der Waals surface area (Å²) in [6, 6.07) is 0. The van der Waals surface area contributed by atoms with E-state index < -0.39 is 0 Å². The first-order chi connectivity index (χ1) is 5.36. The molecular formula is C7H11NOS2. The smallest absolute Gasteiger partial charge is 0.273 e. The lowest BCUT2D eigenvalue weighted by Gasteiger charge is -1.90. The van der Waals surface area contributed by atoms with Gasteiger partial charge >= 0.3 is 0 Å². The number of hydrogen-bond acceptors (Lipinski definition) is 4. The van der Waals surface area contributed by atoms with Gasteiger partial charge in [-0.25, -0.2) is 4.98 Å². The van der Waals surface area contributed by atoms with E-state index in [2.05, 4.69) is 17.6 Å². The average molecular weight is 189 g/mol. The van der Waals surface area contributed by atoms with Gasteiger partial charge in [0.1, 0.15) is 0 Å². The zero-order valence-electron chi connectivity index (χ0n) is 6.41. The van der Waals surface area contributed by atoms with Crippen molar-refractivity contribution < 1.29 is 4.74 Å². The number of aromatic nitrogens is 1. The van der Waals surface area contributed by atoms with Crippen molar-refractivity contribution in [1.29, 1.82) is 0 Å². The Kier molecular flexibility index (Phi) is 3.72. The summed E-state index contributed by atoms with van der Waals surface area (Å²) in [4.78, 5) is 5.33. The normalized spacial score (nSPS) is 10.0. The second-order valence-electron chi connectivity index (χ2n) is 2.12. The molecule has 2 nitrogen and oxygen atoms in total. The van der Waals surface area contributed by atoms with Crippen LogP contribution in [0.3, 0.4) is 0 Å². The minimum atomic E-state index is 0.749. The molecule has 0 amide bonds. The summed E-state index contributed by atoms with van der Waals surface area (Å²) in [5.41, 5.74) is 0. The predicted octanol–water partition coefficient (Wildman–Crippen LogP) is 2.01. The van der Waals surface area contributed by atoms with Crippen LogP contribution in [0.1, 0.15) is 11.3 Å². The highest BCUT2D eigenvalue weighted by atomic mass is 32.1. The third-order valence-corrected chi connectivity index (χ3v) is 2.62. The van der Waals surface area contributed by atoms with Crippen molar-refractivity contribution >= 4 is 24.0 Å². The van der Waals surface area contributed by atoms with Crippen molar-refractivity contribution in [3.05, 3.63) is 11.1 Å². The molecule has 0 saturated carbocycles. The van der Waals surface area contributed by atoms with Crippen molar-refractivity contribution in [2.24, 2.45) is 0 Å². The van der Waals surface area contributed by atoms with Gasteiger partial charge in [-0.15, -0.1) is 0 Å². The molecule has 4 heteroatoms. The van der Waals surface area contributed by atoms with Gasteiger partial charge in [0.2, 0.25) is 0 Å². The van der Waals surface area contributed by atoms with Crippen LogP contribution in [0.4, 0.5) is 0 Å². The van der Waals surface area contributed by atoms with Gasteiger partial charge < -0.3 is 4.74 Å². The van der Waals surface area contributed by atoms with Crippen LogP contribution >= 0.6 is 24.0 Å². The van der Waals surface area contributed by atoms with Crippen LogP contribution < -0.4 is 4.74 Å². The quantitative estimate of drug-likeness (QED) is 0.732. The molecule has 0 unspecified atom stereocenters. The van der Waals surface area contributed by atoms with Gasteiger partial charge in [-0.05, 0) is 18.6 Å². The maximum atomic E-state index is 4.96. The van der Waals surface area contributed by atoms with Crippen LogP contribution in [-0.4, -0.2) is 17.8 Å². The molecule has 0 saturated heterocycles. The van der Waals surface area contributed by atoms with Gasteiger partial charge in [0.05, 0.1) is 7.11 Å². The van der Waals surface area contributed by atoms with Crippen LogP contribution in [0.2, 0.25) is 0 Å². The van der Waals surface area contributed by atoms with Gasteiger partial charge in [-0.3, -0.25) is 0 Å².